The number of aryl methyl sites for hydroxylation is 1. The van der Waals surface area contributed by atoms with Gasteiger partial charge in [0.05, 0.1) is 27.9 Å². The van der Waals surface area contributed by atoms with Gasteiger partial charge in [-0.3, -0.25) is 9.52 Å². The highest BCUT2D eigenvalue weighted by Gasteiger charge is 2.41. The van der Waals surface area contributed by atoms with Crippen molar-refractivity contribution in [1.82, 2.24) is 0 Å². The van der Waals surface area contributed by atoms with Crippen molar-refractivity contribution in [3.63, 3.8) is 0 Å². The van der Waals surface area contributed by atoms with Crippen LogP contribution < -0.4 is 9.03 Å². The molecule has 1 N–H and O–H groups in total. The van der Waals surface area contributed by atoms with Crippen LogP contribution in [0.5, 0.6) is 0 Å². The van der Waals surface area contributed by atoms with E-state index in [4.69, 9.17) is 0 Å². The summed E-state index contributed by atoms with van der Waals surface area (Å²) in [6, 6.07) is 10.3. The van der Waals surface area contributed by atoms with Gasteiger partial charge >= 0.3 is 0 Å². The largest absolute Gasteiger partial charge is 0.279 e. The topological polar surface area (TPSA) is 101 Å². The molecule has 0 aromatic heterocycles. The smallest absolute Gasteiger partial charge is 0.261 e. The Balaban J connectivity index is 1.89. The SMILES string of the molecule is Cc1cc(Br)ccc1NS(=O)(=O)c1ccc(N2C(=O)C(C)CS2(=O)=O)cc1. The summed E-state index contributed by atoms with van der Waals surface area (Å²) in [5.74, 6) is -1.40. The molecule has 10 heteroatoms. The van der Waals surface area contributed by atoms with E-state index >= 15 is 0 Å². The number of amides is 1. The molecule has 1 aliphatic heterocycles. The molecule has 1 fully saturated rings. The Labute approximate surface area is 166 Å². The minimum atomic E-state index is -3.86. The van der Waals surface area contributed by atoms with Gasteiger partial charge in [0.15, 0.2) is 0 Å². The molecule has 0 radical (unpaired) electrons. The highest BCUT2D eigenvalue weighted by atomic mass is 79.9. The van der Waals surface area contributed by atoms with Crippen molar-refractivity contribution in [3.8, 4) is 0 Å². The average Bonchev–Trinajstić information content (AvgIpc) is 2.78. The van der Waals surface area contributed by atoms with Gasteiger partial charge in [0.2, 0.25) is 15.9 Å². The highest BCUT2D eigenvalue weighted by molar-refractivity contribution is 9.10. The average molecular weight is 473 g/mol. The quantitative estimate of drug-likeness (QED) is 0.736. The fourth-order valence-corrected chi connectivity index (χ4v) is 6.22. The molecule has 7 nitrogen and oxygen atoms in total. The number of carbonyl (C=O) groups is 1. The number of nitrogens with one attached hydrogen (secondary N) is 1. The van der Waals surface area contributed by atoms with Crippen LogP contribution in [0.4, 0.5) is 11.4 Å². The molecule has 2 aromatic rings. The molecule has 144 valence electrons. The number of anilines is 2. The molecule has 1 amide bonds. The second-order valence-electron chi connectivity index (χ2n) is 6.34. The number of hydrogen-bond acceptors (Lipinski definition) is 5. The fourth-order valence-electron chi connectivity index (χ4n) is 2.79. The lowest BCUT2D eigenvalue weighted by Gasteiger charge is -2.16. The summed E-state index contributed by atoms with van der Waals surface area (Å²) in [7, 11) is -7.59. The molecule has 1 aliphatic rings. The molecule has 0 aliphatic carbocycles. The second-order valence-corrected chi connectivity index (χ2v) is 10.8. The maximum Gasteiger partial charge on any atom is 0.261 e. The number of sulfonamides is 2. The van der Waals surface area contributed by atoms with Crippen LogP contribution in [0.15, 0.2) is 51.8 Å². The van der Waals surface area contributed by atoms with Crippen molar-refractivity contribution in [2.45, 2.75) is 18.7 Å². The first kappa shape index (κ1) is 19.8. The van der Waals surface area contributed by atoms with E-state index < -0.39 is 31.9 Å². The van der Waals surface area contributed by atoms with Crippen LogP contribution in [-0.2, 0) is 24.8 Å². The lowest BCUT2D eigenvalue weighted by atomic mass is 10.2. The van der Waals surface area contributed by atoms with E-state index in [1.165, 1.54) is 24.3 Å². The summed E-state index contributed by atoms with van der Waals surface area (Å²) in [5.41, 5.74) is 1.31. The number of hydrogen-bond donors (Lipinski definition) is 1. The fraction of sp³-hybridized carbons (Fsp3) is 0.235. The third-order valence-corrected chi connectivity index (χ3v) is 7.92. The van der Waals surface area contributed by atoms with Crippen LogP contribution in [-0.4, -0.2) is 28.5 Å². The van der Waals surface area contributed by atoms with Crippen LogP contribution >= 0.6 is 15.9 Å². The van der Waals surface area contributed by atoms with Gasteiger partial charge in [-0.2, -0.15) is 0 Å². The van der Waals surface area contributed by atoms with E-state index in [9.17, 15) is 21.6 Å². The van der Waals surface area contributed by atoms with E-state index in [0.717, 1.165) is 14.3 Å². The molecule has 3 rings (SSSR count). The Morgan fingerprint density at radius 2 is 1.78 bits per heavy atom. The highest BCUT2D eigenvalue weighted by Crippen LogP contribution is 2.29. The van der Waals surface area contributed by atoms with Crippen molar-refractivity contribution in [2.75, 3.05) is 14.8 Å². The Kier molecular flexibility index (Phi) is 5.08. The second kappa shape index (κ2) is 6.92. The third-order valence-electron chi connectivity index (χ3n) is 4.17. The molecule has 1 heterocycles. The maximum atomic E-state index is 12.6. The Bertz CT molecular complexity index is 1110. The summed E-state index contributed by atoms with van der Waals surface area (Å²) in [6.07, 6.45) is 0. The molecule has 1 saturated heterocycles. The minimum Gasteiger partial charge on any atom is -0.279 e. The normalized spacial score (nSPS) is 19.3. The van der Waals surface area contributed by atoms with Crippen LogP contribution in [0.25, 0.3) is 0 Å². The zero-order valence-corrected chi connectivity index (χ0v) is 17.7. The zero-order valence-electron chi connectivity index (χ0n) is 14.5. The van der Waals surface area contributed by atoms with Crippen molar-refractivity contribution in [2.24, 2.45) is 5.92 Å². The summed E-state index contributed by atoms with van der Waals surface area (Å²) >= 11 is 3.32. The van der Waals surface area contributed by atoms with Crippen molar-refractivity contribution in [1.29, 1.82) is 0 Å². The molecule has 27 heavy (non-hydrogen) atoms. The van der Waals surface area contributed by atoms with E-state index in [1.54, 1.807) is 32.0 Å². The van der Waals surface area contributed by atoms with Gasteiger partial charge in [-0.05, 0) is 55.0 Å². The number of nitrogens with zero attached hydrogens (tertiary/aromatic N) is 1. The first-order valence-corrected chi connectivity index (χ1v) is 11.9. The Morgan fingerprint density at radius 3 is 2.30 bits per heavy atom. The first-order chi connectivity index (χ1) is 12.5. The Morgan fingerprint density at radius 1 is 1.15 bits per heavy atom. The molecule has 0 spiro atoms. The van der Waals surface area contributed by atoms with Gasteiger partial charge in [-0.1, -0.05) is 22.9 Å². The molecule has 0 saturated carbocycles. The van der Waals surface area contributed by atoms with E-state index in [1.807, 2.05) is 0 Å². The minimum absolute atomic E-state index is 0.0364. The zero-order chi connectivity index (χ0) is 20.0. The van der Waals surface area contributed by atoms with Gasteiger partial charge in [-0.25, -0.2) is 21.1 Å². The van der Waals surface area contributed by atoms with Gasteiger partial charge in [-0.15, -0.1) is 0 Å². The van der Waals surface area contributed by atoms with Crippen LogP contribution in [0.3, 0.4) is 0 Å². The van der Waals surface area contributed by atoms with Crippen molar-refractivity contribution >= 4 is 53.3 Å². The lowest BCUT2D eigenvalue weighted by Crippen LogP contribution is -2.30. The van der Waals surface area contributed by atoms with Crippen LogP contribution in [0.1, 0.15) is 12.5 Å². The first-order valence-electron chi connectivity index (χ1n) is 7.97. The molecule has 1 atom stereocenters. The summed E-state index contributed by atoms with van der Waals surface area (Å²) in [6.45, 7) is 3.32. The van der Waals surface area contributed by atoms with Crippen LogP contribution in [0, 0.1) is 12.8 Å². The summed E-state index contributed by atoms with van der Waals surface area (Å²) < 4.78 is 53.5. The molecule has 2 aromatic carbocycles. The number of halogens is 1. The predicted octanol–water partition coefficient (Wildman–Crippen LogP) is 2.87. The molecular formula is C17H17BrN2O5S2. The monoisotopic (exact) mass is 472 g/mol. The Hall–Kier alpha value is -1.91. The van der Waals surface area contributed by atoms with Crippen molar-refractivity contribution < 1.29 is 21.6 Å². The molecular weight excluding hydrogens is 456 g/mol. The van der Waals surface area contributed by atoms with Gasteiger partial charge < -0.3 is 0 Å². The summed E-state index contributed by atoms with van der Waals surface area (Å²) in [4.78, 5) is 12.1. The van der Waals surface area contributed by atoms with Crippen LogP contribution in [0.2, 0.25) is 0 Å². The maximum absolute atomic E-state index is 12.6. The number of benzene rings is 2. The van der Waals surface area contributed by atoms with E-state index in [2.05, 4.69) is 20.7 Å². The third kappa shape index (κ3) is 3.87. The standard InChI is InChI=1S/C17H17BrN2O5S2/c1-11-9-13(18)3-8-16(11)19-27(24,25)15-6-4-14(5-7-15)20-17(21)12(2)10-26(20,22)23/h3-9,12,19H,10H2,1-2H3. The van der Waals surface area contributed by atoms with Gasteiger partial charge in [0, 0.05) is 4.47 Å². The van der Waals surface area contributed by atoms with Gasteiger partial charge in [0.1, 0.15) is 0 Å². The predicted molar refractivity (Wildman–Crippen MR) is 107 cm³/mol. The lowest BCUT2D eigenvalue weighted by molar-refractivity contribution is -0.119. The van der Waals surface area contributed by atoms with E-state index in [-0.39, 0.29) is 16.3 Å². The number of rotatable bonds is 4. The molecule has 1 unspecified atom stereocenters. The summed E-state index contributed by atoms with van der Waals surface area (Å²) in [5, 5.41) is 0. The van der Waals surface area contributed by atoms with Gasteiger partial charge in [0.25, 0.3) is 10.0 Å². The molecule has 0 bridgehead atoms. The van der Waals surface area contributed by atoms with Crippen molar-refractivity contribution in [3.05, 3.63) is 52.5 Å². The number of carbonyl (C=O) groups excluding carboxylic acids is 1. The van der Waals surface area contributed by atoms with E-state index in [0.29, 0.717) is 5.69 Å².